The zero-order chi connectivity index (χ0) is 16.4. The second-order valence-corrected chi connectivity index (χ2v) is 7.61. The Morgan fingerprint density at radius 2 is 2.00 bits per heavy atom. The largest absolute Gasteiger partial charge is 0.285 e. The molecule has 2 heteroatoms. The standard InChI is InChI=1S/C19H18.C3H5NS/c1-13-6-9-17-15(12-13)8-11-18-16-5-3-2-4-14(16)7-10-19(17)18;1-2-5-3-4-1/h3,5-6,8-9,11-12H,2,4,7,10H2,1H3;3H,1-2H2. The molecule has 0 fully saturated rings. The van der Waals surface area contributed by atoms with Crippen molar-refractivity contribution in [2.75, 3.05) is 12.3 Å². The molecule has 0 unspecified atom stereocenters. The molecule has 0 saturated carbocycles. The van der Waals surface area contributed by atoms with Gasteiger partial charge in [-0.25, -0.2) is 0 Å². The van der Waals surface area contributed by atoms with E-state index < -0.39 is 0 Å². The maximum atomic E-state index is 3.92. The minimum atomic E-state index is 1.03. The molecule has 0 radical (unpaired) electrons. The van der Waals surface area contributed by atoms with Crippen molar-refractivity contribution in [1.82, 2.24) is 0 Å². The van der Waals surface area contributed by atoms with Crippen LogP contribution in [0.3, 0.4) is 0 Å². The number of rotatable bonds is 0. The number of nitrogens with zero attached hydrogens (tertiary/aromatic N) is 1. The van der Waals surface area contributed by atoms with E-state index in [9.17, 15) is 0 Å². The highest BCUT2D eigenvalue weighted by molar-refractivity contribution is 8.12. The Hall–Kier alpha value is -1.80. The SMILES string of the molecule is C1=NCCS1.Cc1ccc2c3c(ccc2c1)C1=C(CCC=C1)CC3. The van der Waals surface area contributed by atoms with E-state index in [1.54, 1.807) is 22.9 Å². The Balaban J connectivity index is 0.000000252. The van der Waals surface area contributed by atoms with E-state index in [1.165, 1.54) is 58.9 Å². The van der Waals surface area contributed by atoms with Crippen molar-refractivity contribution in [1.29, 1.82) is 0 Å². The topological polar surface area (TPSA) is 12.4 Å². The van der Waals surface area contributed by atoms with E-state index >= 15 is 0 Å². The minimum absolute atomic E-state index is 1.03. The van der Waals surface area contributed by atoms with Gasteiger partial charge in [0.1, 0.15) is 0 Å². The number of benzene rings is 2. The Labute approximate surface area is 148 Å². The number of allylic oxidation sites excluding steroid dienone is 4. The van der Waals surface area contributed by atoms with Crippen molar-refractivity contribution in [3.63, 3.8) is 0 Å². The fraction of sp³-hybridized carbons (Fsp3) is 0.318. The number of aliphatic imine (C=N–C) groups is 1. The molecule has 1 heterocycles. The van der Waals surface area contributed by atoms with Gasteiger partial charge in [0.25, 0.3) is 0 Å². The van der Waals surface area contributed by atoms with E-state index in [-0.39, 0.29) is 0 Å². The first-order valence-corrected chi connectivity index (χ1v) is 9.89. The Morgan fingerprint density at radius 3 is 2.79 bits per heavy atom. The van der Waals surface area contributed by atoms with E-state index in [0.29, 0.717) is 0 Å². The molecule has 3 aliphatic rings. The van der Waals surface area contributed by atoms with Gasteiger partial charge in [0.15, 0.2) is 0 Å². The lowest BCUT2D eigenvalue weighted by Gasteiger charge is -2.25. The lowest BCUT2D eigenvalue weighted by Crippen LogP contribution is -2.07. The number of hydrogen-bond donors (Lipinski definition) is 0. The van der Waals surface area contributed by atoms with Crippen LogP contribution in [-0.2, 0) is 6.42 Å². The number of thioether (sulfide) groups is 1. The first-order valence-electron chi connectivity index (χ1n) is 8.84. The van der Waals surface area contributed by atoms with Gasteiger partial charge in [-0.3, -0.25) is 4.99 Å². The summed E-state index contributed by atoms with van der Waals surface area (Å²) in [5.41, 5.74) is 9.47. The smallest absolute Gasteiger partial charge is 0.0542 e. The van der Waals surface area contributed by atoms with Crippen molar-refractivity contribution < 1.29 is 0 Å². The average Bonchev–Trinajstić information content (AvgIpc) is 3.21. The molecule has 2 aromatic rings. The van der Waals surface area contributed by atoms with Crippen molar-refractivity contribution in [3.8, 4) is 0 Å². The van der Waals surface area contributed by atoms with E-state index in [4.69, 9.17) is 0 Å². The summed E-state index contributed by atoms with van der Waals surface area (Å²) in [5.74, 6) is 1.19. The van der Waals surface area contributed by atoms with Crippen LogP contribution < -0.4 is 0 Å². The summed E-state index contributed by atoms with van der Waals surface area (Å²) in [6.45, 7) is 3.20. The molecule has 2 aromatic carbocycles. The summed E-state index contributed by atoms with van der Waals surface area (Å²) in [7, 11) is 0. The third kappa shape index (κ3) is 3.08. The van der Waals surface area contributed by atoms with E-state index in [0.717, 1.165) is 6.54 Å². The highest BCUT2D eigenvalue weighted by Gasteiger charge is 2.20. The van der Waals surface area contributed by atoms with Crippen molar-refractivity contribution >= 4 is 33.7 Å². The summed E-state index contributed by atoms with van der Waals surface area (Å²) in [6, 6.07) is 11.5. The van der Waals surface area contributed by atoms with Crippen LogP contribution in [0.4, 0.5) is 0 Å². The molecular formula is C22H23NS. The van der Waals surface area contributed by atoms with Gasteiger partial charge in [-0.05, 0) is 60.1 Å². The molecule has 5 rings (SSSR count). The summed E-state index contributed by atoms with van der Waals surface area (Å²) in [4.78, 5) is 3.92. The van der Waals surface area contributed by atoms with Crippen LogP contribution in [0.15, 0.2) is 53.0 Å². The normalized spacial score (nSPS) is 18.2. The summed E-state index contributed by atoms with van der Waals surface area (Å²) >= 11 is 1.78. The molecule has 1 nitrogen and oxygen atoms in total. The van der Waals surface area contributed by atoms with Gasteiger partial charge in [-0.2, -0.15) is 0 Å². The lowest BCUT2D eigenvalue weighted by molar-refractivity contribution is 0.831. The molecular weight excluding hydrogens is 310 g/mol. The van der Waals surface area contributed by atoms with Crippen LogP contribution in [0.5, 0.6) is 0 Å². The zero-order valence-electron chi connectivity index (χ0n) is 14.2. The fourth-order valence-electron chi connectivity index (χ4n) is 3.83. The molecule has 122 valence electrons. The molecule has 1 aliphatic heterocycles. The molecule has 0 saturated heterocycles. The monoisotopic (exact) mass is 333 g/mol. The molecule has 2 aliphatic carbocycles. The molecule has 0 spiro atoms. The van der Waals surface area contributed by atoms with Crippen LogP contribution in [0.2, 0.25) is 0 Å². The molecule has 0 aromatic heterocycles. The first kappa shape index (κ1) is 15.7. The summed E-state index contributed by atoms with van der Waals surface area (Å²) < 4.78 is 0. The summed E-state index contributed by atoms with van der Waals surface area (Å²) in [6.07, 6.45) is 9.62. The number of aryl methyl sites for hydroxylation is 2. The Kier molecular flexibility index (Phi) is 4.57. The predicted molar refractivity (Wildman–Crippen MR) is 108 cm³/mol. The quantitative estimate of drug-likeness (QED) is 0.579. The third-order valence-electron chi connectivity index (χ3n) is 5.02. The lowest BCUT2D eigenvalue weighted by atomic mass is 9.79. The zero-order valence-corrected chi connectivity index (χ0v) is 15.0. The fourth-order valence-corrected chi connectivity index (χ4v) is 4.35. The highest BCUT2D eigenvalue weighted by Crippen LogP contribution is 2.39. The predicted octanol–water partition coefficient (Wildman–Crippen LogP) is 5.96. The van der Waals surface area contributed by atoms with E-state index in [2.05, 4.69) is 54.4 Å². The number of fused-ring (bicyclic) bond motifs is 4. The average molecular weight is 334 g/mol. The van der Waals surface area contributed by atoms with Crippen LogP contribution in [0.25, 0.3) is 16.3 Å². The first-order chi connectivity index (χ1) is 11.8. The molecule has 0 atom stereocenters. The molecule has 0 bridgehead atoms. The summed E-state index contributed by atoms with van der Waals surface area (Å²) in [5, 5.41) is 2.84. The van der Waals surface area contributed by atoms with Crippen LogP contribution in [0.1, 0.15) is 36.0 Å². The molecule has 0 amide bonds. The van der Waals surface area contributed by atoms with Gasteiger partial charge < -0.3 is 0 Å². The van der Waals surface area contributed by atoms with Gasteiger partial charge >= 0.3 is 0 Å². The van der Waals surface area contributed by atoms with Crippen LogP contribution >= 0.6 is 11.8 Å². The molecule has 0 N–H and O–H groups in total. The number of hydrogen-bond acceptors (Lipinski definition) is 2. The highest BCUT2D eigenvalue weighted by atomic mass is 32.2. The van der Waals surface area contributed by atoms with Gasteiger partial charge in [-0.1, -0.05) is 53.6 Å². The van der Waals surface area contributed by atoms with Crippen LogP contribution in [-0.4, -0.2) is 17.8 Å². The van der Waals surface area contributed by atoms with E-state index in [1.807, 2.05) is 5.55 Å². The third-order valence-corrected chi connectivity index (χ3v) is 5.74. The maximum Gasteiger partial charge on any atom is 0.0542 e. The van der Waals surface area contributed by atoms with Crippen LogP contribution in [0, 0.1) is 6.92 Å². The van der Waals surface area contributed by atoms with Gasteiger partial charge in [-0.15, -0.1) is 11.8 Å². The van der Waals surface area contributed by atoms with Gasteiger partial charge in [0, 0.05) is 12.3 Å². The van der Waals surface area contributed by atoms with Gasteiger partial charge in [0.05, 0.1) is 5.55 Å². The van der Waals surface area contributed by atoms with Crippen molar-refractivity contribution in [3.05, 3.63) is 64.7 Å². The van der Waals surface area contributed by atoms with Crippen molar-refractivity contribution in [2.45, 2.75) is 32.6 Å². The Morgan fingerprint density at radius 1 is 1.04 bits per heavy atom. The second-order valence-electron chi connectivity index (χ2n) is 6.66. The maximum absolute atomic E-state index is 3.92. The molecule has 24 heavy (non-hydrogen) atoms. The minimum Gasteiger partial charge on any atom is -0.285 e. The van der Waals surface area contributed by atoms with Crippen molar-refractivity contribution in [2.24, 2.45) is 4.99 Å². The van der Waals surface area contributed by atoms with Gasteiger partial charge in [0.2, 0.25) is 0 Å². The Bertz CT molecular complexity index is 852. The second kappa shape index (κ2) is 6.98.